The molecular formula is C46H53Cl3CrN2O9. The summed E-state index contributed by atoms with van der Waals surface area (Å²) < 4.78 is 9.74. The average Bonchev–Trinajstić information content (AvgIpc) is 3.32. The van der Waals surface area contributed by atoms with Crippen LogP contribution >= 0.6 is 34.8 Å². The van der Waals surface area contributed by atoms with Gasteiger partial charge in [-0.2, -0.15) is 0 Å². The van der Waals surface area contributed by atoms with E-state index in [2.05, 4.69) is 20.4 Å². The van der Waals surface area contributed by atoms with Gasteiger partial charge in [-0.05, 0) is 60.7 Å². The van der Waals surface area contributed by atoms with Crippen molar-refractivity contribution in [3.05, 3.63) is 219 Å². The molecule has 0 bridgehead atoms. The number of methoxy groups -OCH3 is 2. The molecule has 61 heavy (non-hydrogen) atoms. The summed E-state index contributed by atoms with van der Waals surface area (Å²) in [4.78, 5) is 42.6. The predicted octanol–water partition coefficient (Wildman–Crippen LogP) is 13.6. The minimum Gasteiger partial charge on any atom is -0.545 e. The van der Waals surface area contributed by atoms with Gasteiger partial charge in [-0.1, -0.05) is 153 Å². The number of hydrogen-bond acceptors (Lipinski definition) is 9. The zero-order valence-electron chi connectivity index (χ0n) is 35.1. The third-order valence-electron chi connectivity index (χ3n) is 5.43. The zero-order chi connectivity index (χ0) is 46.1. The normalized spacial score (nSPS) is 7.49. The fraction of sp³-hybridized carbons (Fsp3) is 0.130. The Morgan fingerprint density at radius 3 is 0.787 bits per heavy atom. The van der Waals surface area contributed by atoms with Crippen molar-refractivity contribution in [2.45, 2.75) is 27.7 Å². The Morgan fingerprint density at radius 1 is 0.393 bits per heavy atom. The van der Waals surface area contributed by atoms with Crippen molar-refractivity contribution in [1.82, 2.24) is 0 Å². The molecule has 6 rings (SSSR count). The van der Waals surface area contributed by atoms with Crippen molar-refractivity contribution in [3.63, 3.8) is 0 Å². The van der Waals surface area contributed by atoms with Gasteiger partial charge in [0.25, 0.3) is 11.4 Å². The van der Waals surface area contributed by atoms with E-state index < -0.39 is 9.85 Å². The van der Waals surface area contributed by atoms with Gasteiger partial charge in [0.05, 0.1) is 24.1 Å². The van der Waals surface area contributed by atoms with Crippen LogP contribution in [-0.4, -0.2) is 44.4 Å². The maximum atomic E-state index is 10.2. The van der Waals surface area contributed by atoms with E-state index in [1.807, 2.05) is 155 Å². The van der Waals surface area contributed by atoms with Gasteiger partial charge in [0.1, 0.15) is 11.5 Å². The van der Waals surface area contributed by atoms with Crippen molar-refractivity contribution in [2.75, 3.05) is 14.2 Å². The first-order valence-electron chi connectivity index (χ1n) is 17.1. The van der Waals surface area contributed by atoms with Crippen LogP contribution in [0.15, 0.2) is 176 Å². The molecule has 0 spiro atoms. The van der Waals surface area contributed by atoms with Gasteiger partial charge in [0.2, 0.25) is 0 Å². The second kappa shape index (κ2) is 56.2. The first-order chi connectivity index (χ1) is 28.7. The molecule has 0 saturated heterocycles. The maximum absolute atomic E-state index is 10.2. The number of carbonyl (C=O) groups excluding carboxylic acids is 3. The number of rotatable bonds is 4. The topological polar surface area (TPSA) is 156 Å². The first-order valence-corrected chi connectivity index (χ1v) is 18.2. The van der Waals surface area contributed by atoms with Crippen LogP contribution in [0.1, 0.15) is 27.7 Å². The smallest absolute Gasteiger partial charge is 0.545 e. The Hall–Kier alpha value is -5.87. The number of hydrogen-bond donors (Lipinski definition) is 0. The van der Waals surface area contributed by atoms with Crippen LogP contribution in [0.3, 0.4) is 0 Å². The third kappa shape index (κ3) is 46.7. The minimum absolute atomic E-state index is 0. The molecule has 0 saturated carbocycles. The summed E-state index contributed by atoms with van der Waals surface area (Å²) in [6.07, 6.45) is 0. The Labute approximate surface area is 387 Å². The fourth-order valence-corrected chi connectivity index (χ4v) is 3.45. The van der Waals surface area contributed by atoms with Crippen LogP contribution in [0.4, 0.5) is 11.4 Å². The number of benzene rings is 6. The number of ether oxygens (including phenoxy) is 2. The molecule has 11 nitrogen and oxygen atoms in total. The number of para-hydroxylation sites is 1. The summed E-state index contributed by atoms with van der Waals surface area (Å²) in [5, 5.41) is 22.3. The van der Waals surface area contributed by atoms with Crippen LogP contribution in [-0.2, 0) is 31.7 Å². The number of nitrogens with zero attached hydrogens (tertiary/aromatic N) is 2. The van der Waals surface area contributed by atoms with Crippen molar-refractivity contribution < 1.29 is 51.1 Å². The van der Waals surface area contributed by atoms with E-state index in [1.54, 1.807) is 19.2 Å². The van der Waals surface area contributed by atoms with Gasteiger partial charge in [-0.3, -0.25) is 40.6 Å². The Bertz CT molecular complexity index is 1680. The molecular weight excluding hydrogens is 883 g/mol. The van der Waals surface area contributed by atoms with E-state index in [1.165, 1.54) is 43.5 Å². The van der Waals surface area contributed by atoms with E-state index >= 15 is 0 Å². The van der Waals surface area contributed by atoms with Crippen LogP contribution in [0.5, 0.6) is 11.5 Å². The van der Waals surface area contributed by atoms with Crippen molar-refractivity contribution in [1.29, 1.82) is 0 Å². The third-order valence-corrected chi connectivity index (χ3v) is 6.19. The minimum atomic E-state index is -0.462. The Balaban J connectivity index is -0.000000110. The van der Waals surface area contributed by atoms with Gasteiger partial charge < -0.3 is 31.3 Å². The Kier molecular flexibility index (Phi) is 64.3. The molecule has 6 aromatic rings. The molecule has 0 N–H and O–H groups in total. The zero-order valence-corrected chi connectivity index (χ0v) is 38.6. The van der Waals surface area contributed by atoms with Gasteiger partial charge in [0, 0.05) is 39.3 Å². The molecule has 328 valence electrons. The van der Waals surface area contributed by atoms with Crippen LogP contribution in [0.25, 0.3) is 0 Å². The molecule has 0 fully saturated rings. The summed E-state index contributed by atoms with van der Waals surface area (Å²) in [5.74, 6) is 1.53. The molecule has 0 radical (unpaired) electrons. The summed E-state index contributed by atoms with van der Waals surface area (Å²) >= 11 is 16.6. The largest absolute Gasteiger partial charge is 4.00 e. The molecule has 15 heteroatoms. The molecule has 0 atom stereocenters. The molecule has 0 aliphatic heterocycles. The number of non-ortho nitro benzene ring substituents is 2. The maximum Gasteiger partial charge on any atom is 4.00 e. The Morgan fingerprint density at radius 2 is 0.590 bits per heavy atom. The first kappa shape index (κ1) is 69.7. The van der Waals surface area contributed by atoms with Gasteiger partial charge in [-0.15, -0.1) is 0 Å². The second-order valence-corrected chi connectivity index (χ2v) is 10.3. The predicted molar refractivity (Wildman–Crippen MR) is 249 cm³/mol. The van der Waals surface area contributed by atoms with E-state index in [0.717, 1.165) is 15.8 Å². The number of halogens is 3. The van der Waals surface area contributed by atoms with Crippen LogP contribution in [0.2, 0.25) is 15.1 Å². The number of nitro benzene ring substituents is 2. The second-order valence-electron chi connectivity index (χ2n) is 8.95. The SMILES string of the molecule is CC.CC.COc1ccc([N+](=O)[O-])cc1.COc1ccccc1.Clc1ccccc1.Clc1ccccc1.O=[N+]([O-])c1ccc(Cl)cc1.[CH-]=O.[CH-]=O.[CH-]=O.[CH3-].[Cr+4].c1ccccc1. The summed E-state index contributed by atoms with van der Waals surface area (Å²) in [7, 11) is 3.18. The standard InChI is InChI=1S/C7H7NO3.C7H8O.C6H4ClNO2.2C6H5Cl.C6H6.2C2H6.3CHO.CH3.Cr/c1-11-7-4-2-6(3-5-7)8(9)10;1-8-7-5-3-2-4-6-7;7-5-1-3-6(4-2-5)8(9)10;2*7-6-4-2-1-3-5-6;1-2-4-6-5-3-1;5*1-2;;/h2-5H,1H3;2-6H,1H3;1-4H;2*1-5H;1-6H;2*1-2H3;3*1H;1H3;/q;;;;;;;;4*-1;+4. The van der Waals surface area contributed by atoms with Crippen molar-refractivity contribution in [3.8, 4) is 11.5 Å². The monoisotopic (exact) mass is 934 g/mol. The molecule has 0 unspecified atom stereocenters. The quantitative estimate of drug-likeness (QED) is 0.0726. The van der Waals surface area contributed by atoms with Gasteiger partial charge in [0.15, 0.2) is 0 Å². The molecule has 0 heterocycles. The molecule has 0 aromatic heterocycles. The molecule has 0 aliphatic rings. The van der Waals surface area contributed by atoms with E-state index in [0.29, 0.717) is 10.8 Å². The molecule has 0 amide bonds. The van der Waals surface area contributed by atoms with E-state index in [9.17, 15) is 20.2 Å². The van der Waals surface area contributed by atoms with E-state index in [4.69, 9.17) is 58.7 Å². The fourth-order valence-electron chi connectivity index (χ4n) is 3.04. The van der Waals surface area contributed by atoms with Gasteiger partial charge >= 0.3 is 17.4 Å². The van der Waals surface area contributed by atoms with Crippen molar-refractivity contribution in [2.24, 2.45) is 0 Å². The van der Waals surface area contributed by atoms with E-state index in [-0.39, 0.29) is 36.2 Å². The summed E-state index contributed by atoms with van der Waals surface area (Å²) in [5.41, 5.74) is 0.134. The molecule has 6 aromatic carbocycles. The van der Waals surface area contributed by atoms with Crippen LogP contribution in [0, 0.1) is 27.7 Å². The average molecular weight is 936 g/mol. The summed E-state index contributed by atoms with van der Waals surface area (Å²) in [6.45, 7) is 17.8. The summed E-state index contributed by atoms with van der Waals surface area (Å²) in [6, 6.07) is 52.2. The van der Waals surface area contributed by atoms with Crippen LogP contribution < -0.4 is 9.47 Å². The molecule has 0 aliphatic carbocycles. The van der Waals surface area contributed by atoms with Gasteiger partial charge in [-0.25, -0.2) is 0 Å². The number of nitro groups is 2. The van der Waals surface area contributed by atoms with Crippen molar-refractivity contribution >= 4 is 66.5 Å².